The normalized spacial score (nSPS) is 15.6. The number of carbonyl (C=O) groups excluding carboxylic acids is 3. The number of anilines is 1. The van der Waals surface area contributed by atoms with Crippen molar-refractivity contribution in [2.24, 2.45) is 5.41 Å². The number of nitrogens with zero attached hydrogens (tertiary/aromatic N) is 3. The first-order valence-corrected chi connectivity index (χ1v) is 8.72. The minimum Gasteiger partial charge on any atom is -0.347 e. The van der Waals surface area contributed by atoms with E-state index in [0.29, 0.717) is 17.8 Å². The van der Waals surface area contributed by atoms with E-state index in [9.17, 15) is 14.4 Å². The fraction of sp³-hybridized carbons (Fsp3) is 0.368. The van der Waals surface area contributed by atoms with E-state index in [1.807, 2.05) is 10.8 Å². The molecule has 1 aromatic heterocycles. The van der Waals surface area contributed by atoms with Crippen molar-refractivity contribution in [1.82, 2.24) is 20.2 Å². The molecular weight excluding hydrogens is 346 g/mol. The van der Waals surface area contributed by atoms with Crippen molar-refractivity contribution < 1.29 is 14.4 Å². The molecule has 1 fully saturated rings. The number of imidazole rings is 1. The molecule has 0 unspecified atom stereocenters. The molecule has 2 N–H and O–H groups in total. The maximum absolute atomic E-state index is 12.7. The van der Waals surface area contributed by atoms with Crippen LogP contribution in [0.4, 0.5) is 10.5 Å². The van der Waals surface area contributed by atoms with Crippen LogP contribution in [-0.2, 0) is 11.3 Å². The summed E-state index contributed by atoms with van der Waals surface area (Å²) < 4.78 is 1.93. The Morgan fingerprint density at radius 2 is 1.96 bits per heavy atom. The van der Waals surface area contributed by atoms with Crippen LogP contribution < -0.4 is 15.5 Å². The summed E-state index contributed by atoms with van der Waals surface area (Å²) >= 11 is 0. The van der Waals surface area contributed by atoms with Gasteiger partial charge in [0.15, 0.2) is 0 Å². The number of hydrogen-bond donors (Lipinski definition) is 2. The monoisotopic (exact) mass is 369 g/mol. The second-order valence-electron chi connectivity index (χ2n) is 7.64. The molecule has 8 heteroatoms. The minimum atomic E-state index is -0.453. The average Bonchev–Trinajstić information content (AvgIpc) is 3.22. The number of amides is 4. The predicted octanol–water partition coefficient (Wildman–Crippen LogP) is 1.78. The summed E-state index contributed by atoms with van der Waals surface area (Å²) in [6.45, 7) is 6.81. The second kappa shape index (κ2) is 7.22. The van der Waals surface area contributed by atoms with Crippen molar-refractivity contribution >= 4 is 23.5 Å². The Morgan fingerprint density at radius 1 is 1.26 bits per heavy atom. The Bertz CT molecular complexity index is 837. The van der Waals surface area contributed by atoms with Crippen LogP contribution >= 0.6 is 0 Å². The highest BCUT2D eigenvalue weighted by atomic mass is 16.2. The summed E-state index contributed by atoms with van der Waals surface area (Å²) in [6.07, 6.45) is 5.30. The second-order valence-corrected chi connectivity index (χ2v) is 7.64. The Balaban J connectivity index is 1.70. The summed E-state index contributed by atoms with van der Waals surface area (Å²) in [5.41, 5.74) is 0.915. The lowest BCUT2D eigenvalue weighted by Crippen LogP contribution is -2.46. The summed E-state index contributed by atoms with van der Waals surface area (Å²) in [4.78, 5) is 41.1. The fourth-order valence-corrected chi connectivity index (χ4v) is 2.83. The number of benzene rings is 1. The molecule has 0 saturated carbocycles. The van der Waals surface area contributed by atoms with E-state index in [1.165, 1.54) is 4.90 Å². The molecule has 27 heavy (non-hydrogen) atoms. The molecule has 4 amide bonds. The van der Waals surface area contributed by atoms with E-state index >= 15 is 0 Å². The fourth-order valence-electron chi connectivity index (χ4n) is 2.83. The van der Waals surface area contributed by atoms with Crippen molar-refractivity contribution in [2.45, 2.75) is 33.4 Å². The number of carbonyl (C=O) groups is 3. The first kappa shape index (κ1) is 18.6. The lowest BCUT2D eigenvalue weighted by Gasteiger charge is -2.31. The maximum atomic E-state index is 12.7. The zero-order valence-corrected chi connectivity index (χ0v) is 15.6. The number of nitrogens with one attached hydrogen (secondary N) is 2. The summed E-state index contributed by atoms with van der Waals surface area (Å²) in [6, 6.07) is 6.07. The van der Waals surface area contributed by atoms with E-state index in [4.69, 9.17) is 0 Å². The third-order valence-corrected chi connectivity index (χ3v) is 4.54. The quantitative estimate of drug-likeness (QED) is 0.785. The van der Waals surface area contributed by atoms with E-state index in [0.717, 1.165) is 0 Å². The van der Waals surface area contributed by atoms with E-state index in [2.05, 4.69) is 36.4 Å². The Hall–Kier alpha value is -3.16. The standard InChI is InChI=1S/C19H23N5O3/c1-19(2,3)15(10-23-9-8-20-12-23)21-17(26)13-4-6-14(7-5-13)24-11-16(25)22-18(24)27/h4-9,12,15H,10-11H2,1-3H3,(H,21,26)(H,22,25,27)/t15-/m1/s1. The lowest BCUT2D eigenvalue weighted by atomic mass is 9.86. The molecule has 8 nitrogen and oxygen atoms in total. The highest BCUT2D eigenvalue weighted by molar-refractivity contribution is 6.12. The van der Waals surface area contributed by atoms with Crippen LogP contribution in [0.15, 0.2) is 43.0 Å². The molecule has 0 bridgehead atoms. The molecule has 0 aliphatic carbocycles. The van der Waals surface area contributed by atoms with Gasteiger partial charge < -0.3 is 9.88 Å². The summed E-state index contributed by atoms with van der Waals surface area (Å²) in [5, 5.41) is 5.31. The zero-order chi connectivity index (χ0) is 19.6. The van der Waals surface area contributed by atoms with Crippen molar-refractivity contribution in [1.29, 1.82) is 0 Å². The summed E-state index contributed by atoms with van der Waals surface area (Å²) in [5.74, 6) is -0.530. The zero-order valence-electron chi connectivity index (χ0n) is 15.6. The van der Waals surface area contributed by atoms with Crippen LogP contribution in [0, 0.1) is 5.41 Å². The highest BCUT2D eigenvalue weighted by Gasteiger charge is 2.29. The van der Waals surface area contributed by atoms with Crippen molar-refractivity contribution in [3.8, 4) is 0 Å². The minimum absolute atomic E-state index is 0.0125. The van der Waals surface area contributed by atoms with Crippen LogP contribution in [0.2, 0.25) is 0 Å². The Kier molecular flexibility index (Phi) is 4.98. The van der Waals surface area contributed by atoms with Gasteiger partial charge in [0, 0.05) is 30.2 Å². The molecule has 1 aromatic carbocycles. The third kappa shape index (κ3) is 4.33. The van der Waals surface area contributed by atoms with Gasteiger partial charge in [0.2, 0.25) is 5.91 Å². The van der Waals surface area contributed by atoms with Crippen LogP contribution in [0.3, 0.4) is 0 Å². The average molecular weight is 369 g/mol. The topological polar surface area (TPSA) is 96.3 Å². The Morgan fingerprint density at radius 3 is 2.48 bits per heavy atom. The van der Waals surface area contributed by atoms with Crippen LogP contribution in [-0.4, -0.2) is 40.0 Å². The lowest BCUT2D eigenvalue weighted by molar-refractivity contribution is -0.117. The van der Waals surface area contributed by atoms with Crippen LogP contribution in [0.1, 0.15) is 31.1 Å². The number of imide groups is 1. The van der Waals surface area contributed by atoms with Gasteiger partial charge in [-0.2, -0.15) is 0 Å². The molecule has 142 valence electrons. The number of aromatic nitrogens is 2. The number of rotatable bonds is 5. The predicted molar refractivity (Wildman–Crippen MR) is 100 cm³/mol. The molecule has 1 aliphatic rings. The van der Waals surface area contributed by atoms with Gasteiger partial charge >= 0.3 is 6.03 Å². The molecule has 2 heterocycles. The van der Waals surface area contributed by atoms with Crippen molar-refractivity contribution in [3.63, 3.8) is 0 Å². The van der Waals surface area contributed by atoms with Gasteiger partial charge in [-0.05, 0) is 29.7 Å². The molecule has 1 atom stereocenters. The van der Waals surface area contributed by atoms with Crippen LogP contribution in [0.25, 0.3) is 0 Å². The third-order valence-electron chi connectivity index (χ3n) is 4.54. The van der Waals surface area contributed by atoms with E-state index in [1.54, 1.807) is 36.8 Å². The molecule has 0 spiro atoms. The number of hydrogen-bond acceptors (Lipinski definition) is 4. The van der Waals surface area contributed by atoms with Crippen molar-refractivity contribution in [2.75, 3.05) is 11.4 Å². The van der Waals surface area contributed by atoms with Gasteiger partial charge in [-0.1, -0.05) is 20.8 Å². The van der Waals surface area contributed by atoms with E-state index in [-0.39, 0.29) is 29.8 Å². The van der Waals surface area contributed by atoms with E-state index < -0.39 is 6.03 Å². The molecular formula is C19H23N5O3. The smallest absolute Gasteiger partial charge is 0.329 e. The molecule has 2 aromatic rings. The maximum Gasteiger partial charge on any atom is 0.329 e. The van der Waals surface area contributed by atoms with Gasteiger partial charge in [0.05, 0.1) is 12.4 Å². The van der Waals surface area contributed by atoms with Gasteiger partial charge in [-0.15, -0.1) is 0 Å². The highest BCUT2D eigenvalue weighted by Crippen LogP contribution is 2.22. The first-order valence-electron chi connectivity index (χ1n) is 8.72. The molecule has 3 rings (SSSR count). The van der Waals surface area contributed by atoms with Gasteiger partial charge in [-0.3, -0.25) is 19.8 Å². The van der Waals surface area contributed by atoms with Crippen LogP contribution in [0.5, 0.6) is 0 Å². The van der Waals surface area contributed by atoms with Gasteiger partial charge in [0.25, 0.3) is 5.91 Å². The van der Waals surface area contributed by atoms with Gasteiger partial charge in [-0.25, -0.2) is 9.78 Å². The number of urea groups is 1. The first-order chi connectivity index (χ1) is 12.7. The SMILES string of the molecule is CC(C)(C)[C@@H](Cn1ccnc1)NC(=O)c1ccc(N2CC(=O)NC2=O)cc1. The molecule has 0 radical (unpaired) electrons. The molecule has 1 saturated heterocycles. The molecule has 1 aliphatic heterocycles. The van der Waals surface area contributed by atoms with Gasteiger partial charge in [0.1, 0.15) is 6.54 Å². The van der Waals surface area contributed by atoms with Crippen molar-refractivity contribution in [3.05, 3.63) is 48.5 Å². The largest absolute Gasteiger partial charge is 0.347 e. The summed E-state index contributed by atoms with van der Waals surface area (Å²) in [7, 11) is 0. The Labute approximate surface area is 157 Å².